The number of nitrogens with zero attached hydrogens (tertiary/aromatic N) is 2. The minimum Gasteiger partial charge on any atom is -0.326 e. The Morgan fingerprint density at radius 2 is 1.70 bits per heavy atom. The number of nitrogens with one attached hydrogen (secondary N) is 1. The van der Waals surface area contributed by atoms with Crippen molar-refractivity contribution in [2.24, 2.45) is 0 Å². The van der Waals surface area contributed by atoms with E-state index in [1.54, 1.807) is 6.07 Å². The van der Waals surface area contributed by atoms with E-state index in [4.69, 9.17) is 11.6 Å². The summed E-state index contributed by atoms with van der Waals surface area (Å²) in [5, 5.41) is 24.1. The Kier molecular flexibility index (Phi) is 4.87. The number of anilines is 1. The average Bonchev–Trinajstić information content (AvgIpc) is 2.49. The zero-order valence-corrected chi connectivity index (χ0v) is 12.3. The molecule has 1 N–H and O–H groups in total. The maximum atomic E-state index is 12.0. The van der Waals surface area contributed by atoms with Crippen LogP contribution in [0.2, 0.25) is 5.02 Å². The van der Waals surface area contributed by atoms with E-state index in [9.17, 15) is 25.0 Å². The minimum absolute atomic E-state index is 0.0494. The predicted octanol–water partition coefficient (Wildman–Crippen LogP) is 3.34. The molecule has 0 saturated heterocycles. The molecule has 0 aromatic heterocycles. The molecule has 0 heterocycles. The molecule has 2 aromatic carbocycles. The summed E-state index contributed by atoms with van der Waals surface area (Å²) in [6, 6.07) is 9.69. The molecule has 9 heteroatoms. The van der Waals surface area contributed by atoms with E-state index in [-0.39, 0.29) is 34.1 Å². The lowest BCUT2D eigenvalue weighted by Gasteiger charge is -2.06. The van der Waals surface area contributed by atoms with Crippen molar-refractivity contribution >= 4 is 34.6 Å². The average molecular weight is 336 g/mol. The Bertz CT molecular complexity index is 794. The quantitative estimate of drug-likeness (QED) is 0.664. The van der Waals surface area contributed by atoms with E-state index in [0.29, 0.717) is 0 Å². The molecule has 23 heavy (non-hydrogen) atoms. The molecule has 0 aliphatic rings. The van der Waals surface area contributed by atoms with Crippen molar-refractivity contribution in [1.29, 1.82) is 0 Å². The highest BCUT2D eigenvalue weighted by atomic mass is 35.5. The number of hydrogen-bond acceptors (Lipinski definition) is 5. The Morgan fingerprint density at radius 1 is 1.04 bits per heavy atom. The highest BCUT2D eigenvalue weighted by molar-refractivity contribution is 6.32. The van der Waals surface area contributed by atoms with Crippen LogP contribution in [0, 0.1) is 20.2 Å². The number of para-hydroxylation sites is 1. The van der Waals surface area contributed by atoms with Crippen molar-refractivity contribution < 1.29 is 14.6 Å². The molecule has 118 valence electrons. The van der Waals surface area contributed by atoms with Crippen molar-refractivity contribution in [2.45, 2.75) is 6.42 Å². The van der Waals surface area contributed by atoms with Gasteiger partial charge in [0.05, 0.1) is 16.3 Å². The van der Waals surface area contributed by atoms with Crippen LogP contribution in [0.3, 0.4) is 0 Å². The molecule has 8 nitrogen and oxygen atoms in total. The highest BCUT2D eigenvalue weighted by Crippen LogP contribution is 2.27. The monoisotopic (exact) mass is 335 g/mol. The predicted molar refractivity (Wildman–Crippen MR) is 83.5 cm³/mol. The van der Waals surface area contributed by atoms with Gasteiger partial charge in [0, 0.05) is 23.4 Å². The molecule has 0 radical (unpaired) electrons. The number of hydrogen-bond donors (Lipinski definition) is 1. The second kappa shape index (κ2) is 6.84. The van der Waals surface area contributed by atoms with E-state index in [1.807, 2.05) is 0 Å². The fourth-order valence-corrected chi connectivity index (χ4v) is 2.13. The largest absolute Gasteiger partial charge is 0.326 e. The molecule has 0 spiro atoms. The van der Waals surface area contributed by atoms with Gasteiger partial charge in [0.1, 0.15) is 5.02 Å². The Labute approximate surface area is 135 Å². The van der Waals surface area contributed by atoms with E-state index >= 15 is 0 Å². The van der Waals surface area contributed by atoms with Crippen LogP contribution in [0.4, 0.5) is 17.1 Å². The van der Waals surface area contributed by atoms with Gasteiger partial charge in [-0.1, -0.05) is 29.8 Å². The van der Waals surface area contributed by atoms with Crippen LogP contribution in [0.25, 0.3) is 0 Å². The minimum atomic E-state index is -0.667. The molecule has 2 aromatic rings. The lowest BCUT2D eigenvalue weighted by atomic mass is 10.1. The van der Waals surface area contributed by atoms with Crippen molar-refractivity contribution in [2.75, 3.05) is 5.32 Å². The van der Waals surface area contributed by atoms with Gasteiger partial charge in [-0.2, -0.15) is 0 Å². The first-order valence-corrected chi connectivity index (χ1v) is 6.72. The van der Waals surface area contributed by atoms with Crippen molar-refractivity contribution in [3.8, 4) is 0 Å². The standard InChI is InChI=1S/C14H10ClN3O5/c15-11-6-5-10(8-13(11)18(22)23)16-14(19)7-9-3-1-2-4-12(9)17(20)21/h1-6,8H,7H2,(H,16,19). The van der Waals surface area contributed by atoms with Gasteiger partial charge in [0.15, 0.2) is 0 Å². The third-order valence-electron chi connectivity index (χ3n) is 2.97. The first-order valence-electron chi connectivity index (χ1n) is 6.34. The lowest BCUT2D eigenvalue weighted by molar-refractivity contribution is -0.385. The molecular weight excluding hydrogens is 326 g/mol. The summed E-state index contributed by atoms with van der Waals surface area (Å²) < 4.78 is 0. The van der Waals surface area contributed by atoms with Gasteiger partial charge in [0.25, 0.3) is 11.4 Å². The van der Waals surface area contributed by atoms with Crippen LogP contribution in [0.5, 0.6) is 0 Å². The first-order chi connectivity index (χ1) is 10.9. The third kappa shape index (κ3) is 4.01. The number of carbonyl (C=O) groups is 1. The smallest absolute Gasteiger partial charge is 0.289 e. The molecule has 0 saturated carbocycles. The summed E-state index contributed by atoms with van der Waals surface area (Å²) in [7, 11) is 0. The van der Waals surface area contributed by atoms with E-state index < -0.39 is 15.8 Å². The summed E-state index contributed by atoms with van der Waals surface area (Å²) in [5.74, 6) is -0.532. The molecule has 0 aliphatic heterocycles. The molecule has 0 atom stereocenters. The maximum Gasteiger partial charge on any atom is 0.289 e. The van der Waals surface area contributed by atoms with Crippen LogP contribution >= 0.6 is 11.6 Å². The first kappa shape index (κ1) is 16.4. The van der Waals surface area contributed by atoms with Gasteiger partial charge in [0.2, 0.25) is 5.91 Å². The van der Waals surface area contributed by atoms with E-state index in [0.717, 1.165) is 6.07 Å². The summed E-state index contributed by atoms with van der Waals surface area (Å²) in [5.41, 5.74) is -0.0666. The Hall–Kier alpha value is -3.00. The molecule has 0 fully saturated rings. The number of nitro benzene ring substituents is 2. The second-order valence-electron chi connectivity index (χ2n) is 4.53. The second-order valence-corrected chi connectivity index (χ2v) is 4.94. The number of amides is 1. The molecule has 1 amide bonds. The summed E-state index contributed by atoms with van der Waals surface area (Å²) >= 11 is 5.68. The molecular formula is C14H10ClN3O5. The number of benzene rings is 2. The van der Waals surface area contributed by atoms with Crippen molar-refractivity contribution in [1.82, 2.24) is 0 Å². The fraction of sp³-hybridized carbons (Fsp3) is 0.0714. The Balaban J connectivity index is 2.16. The number of halogens is 1. The zero-order chi connectivity index (χ0) is 17.0. The van der Waals surface area contributed by atoms with Crippen LogP contribution in [-0.4, -0.2) is 15.8 Å². The van der Waals surface area contributed by atoms with E-state index in [2.05, 4.69) is 5.32 Å². The van der Waals surface area contributed by atoms with Gasteiger partial charge < -0.3 is 5.32 Å². The summed E-state index contributed by atoms with van der Waals surface area (Å²) in [6.07, 6.45) is -0.229. The lowest BCUT2D eigenvalue weighted by Crippen LogP contribution is -2.15. The SMILES string of the molecule is O=C(Cc1ccccc1[N+](=O)[O-])Nc1ccc(Cl)c([N+](=O)[O-])c1. The third-order valence-corrected chi connectivity index (χ3v) is 3.29. The summed E-state index contributed by atoms with van der Waals surface area (Å²) in [6.45, 7) is 0. The number of carbonyl (C=O) groups excluding carboxylic acids is 1. The van der Waals surface area contributed by atoms with Gasteiger partial charge in [-0.25, -0.2) is 0 Å². The zero-order valence-electron chi connectivity index (χ0n) is 11.6. The van der Waals surface area contributed by atoms with E-state index in [1.165, 1.54) is 30.3 Å². The van der Waals surface area contributed by atoms with Crippen molar-refractivity contribution in [3.63, 3.8) is 0 Å². The number of nitro groups is 2. The van der Waals surface area contributed by atoms with Gasteiger partial charge in [-0.15, -0.1) is 0 Å². The van der Waals surface area contributed by atoms with Crippen LogP contribution in [0.1, 0.15) is 5.56 Å². The Morgan fingerprint density at radius 3 is 2.35 bits per heavy atom. The van der Waals surface area contributed by atoms with Gasteiger partial charge in [-0.3, -0.25) is 25.0 Å². The summed E-state index contributed by atoms with van der Waals surface area (Å²) in [4.78, 5) is 32.5. The highest BCUT2D eigenvalue weighted by Gasteiger charge is 2.17. The molecule has 0 aliphatic carbocycles. The molecule has 0 bridgehead atoms. The maximum absolute atomic E-state index is 12.0. The van der Waals surface area contributed by atoms with Gasteiger partial charge >= 0.3 is 0 Å². The van der Waals surface area contributed by atoms with Crippen LogP contribution in [0.15, 0.2) is 42.5 Å². The number of rotatable bonds is 5. The van der Waals surface area contributed by atoms with Crippen molar-refractivity contribution in [3.05, 3.63) is 73.3 Å². The normalized spacial score (nSPS) is 10.1. The fourth-order valence-electron chi connectivity index (χ4n) is 1.95. The van der Waals surface area contributed by atoms with Crippen LogP contribution < -0.4 is 5.32 Å². The van der Waals surface area contributed by atoms with Crippen LogP contribution in [-0.2, 0) is 11.2 Å². The van der Waals surface area contributed by atoms with Gasteiger partial charge in [-0.05, 0) is 12.1 Å². The topological polar surface area (TPSA) is 115 Å². The molecule has 2 rings (SSSR count). The molecule has 0 unspecified atom stereocenters.